The highest BCUT2D eigenvalue weighted by molar-refractivity contribution is 9.10. The highest BCUT2D eigenvalue weighted by Gasteiger charge is 2.35. The fourth-order valence-electron chi connectivity index (χ4n) is 5.38. The molecule has 0 aliphatic carbocycles. The van der Waals surface area contributed by atoms with Crippen molar-refractivity contribution >= 4 is 50.7 Å². The Morgan fingerprint density at radius 2 is 1.73 bits per heavy atom. The fourth-order valence-corrected chi connectivity index (χ4v) is 6.95. The van der Waals surface area contributed by atoms with Gasteiger partial charge in [-0.1, -0.05) is 72.0 Å². The van der Waals surface area contributed by atoms with Crippen LogP contribution in [0.2, 0.25) is 0 Å². The van der Waals surface area contributed by atoms with Crippen molar-refractivity contribution in [2.45, 2.75) is 19.6 Å². The number of ether oxygens (including phenoxy) is 3. The van der Waals surface area contributed by atoms with Crippen molar-refractivity contribution < 1.29 is 23.9 Å². The number of hydrogen-bond donors (Lipinski definition) is 0. The van der Waals surface area contributed by atoms with Crippen LogP contribution in [0.5, 0.6) is 11.5 Å². The molecule has 4 aromatic carbocycles. The summed E-state index contributed by atoms with van der Waals surface area (Å²) >= 11 is 4.80. The van der Waals surface area contributed by atoms with E-state index in [2.05, 4.69) is 15.9 Å². The summed E-state index contributed by atoms with van der Waals surface area (Å²) in [6.07, 6.45) is 1.75. The molecule has 5 aromatic rings. The molecule has 1 atom stereocenters. The number of methoxy groups -OCH3 is 1. The summed E-state index contributed by atoms with van der Waals surface area (Å²) in [6.45, 7) is 2.06. The summed E-state index contributed by atoms with van der Waals surface area (Å²) in [5.41, 5.74) is 3.31. The molecule has 0 saturated carbocycles. The number of non-ortho nitro benzene ring substituents is 1. The Kier molecular flexibility index (Phi) is 9.65. The molecule has 10 nitrogen and oxygen atoms in total. The zero-order chi connectivity index (χ0) is 33.8. The van der Waals surface area contributed by atoms with Gasteiger partial charge >= 0.3 is 5.97 Å². The number of rotatable bonds is 10. The van der Waals surface area contributed by atoms with Crippen LogP contribution < -0.4 is 24.4 Å². The van der Waals surface area contributed by atoms with Crippen LogP contribution >= 0.6 is 27.3 Å². The second-order valence-corrected chi connectivity index (χ2v) is 12.5. The number of aromatic nitrogens is 1. The standard InChI is InChI=1S/C36H28BrN3O7S/c1-3-46-35(42)30-31(24-10-6-4-7-11-24)38-36-39(32(30)25-12-8-5-9-13-25)34(41)29(48-36)20-23-18-27(37)33(28(19-23)45-2)47-21-22-14-16-26(17-15-22)40(43)44/h4-20,32H,3,21H2,1-2H3/b29-20-/t32-/m1/s1. The lowest BCUT2D eigenvalue weighted by atomic mass is 9.93. The summed E-state index contributed by atoms with van der Waals surface area (Å²) < 4.78 is 19.7. The van der Waals surface area contributed by atoms with E-state index in [0.29, 0.717) is 36.6 Å². The number of thiazole rings is 1. The molecule has 242 valence electrons. The minimum Gasteiger partial charge on any atom is -0.493 e. The lowest BCUT2D eigenvalue weighted by Gasteiger charge is -2.25. The van der Waals surface area contributed by atoms with Crippen LogP contribution in [0.25, 0.3) is 11.8 Å². The fraction of sp³-hybridized carbons (Fsp3) is 0.139. The molecule has 12 heteroatoms. The van der Waals surface area contributed by atoms with Gasteiger partial charge in [0.15, 0.2) is 16.3 Å². The van der Waals surface area contributed by atoms with Gasteiger partial charge < -0.3 is 14.2 Å². The Bertz CT molecular complexity index is 2210. The van der Waals surface area contributed by atoms with Crippen LogP contribution in [0.3, 0.4) is 0 Å². The first-order chi connectivity index (χ1) is 23.3. The van der Waals surface area contributed by atoms with Gasteiger partial charge in [0.1, 0.15) is 6.61 Å². The van der Waals surface area contributed by atoms with Gasteiger partial charge in [-0.3, -0.25) is 19.5 Å². The molecule has 0 saturated heterocycles. The highest BCUT2D eigenvalue weighted by atomic mass is 79.9. The van der Waals surface area contributed by atoms with Gasteiger partial charge in [0.2, 0.25) is 0 Å². The Hall–Kier alpha value is -5.33. The first-order valence-electron chi connectivity index (χ1n) is 14.9. The van der Waals surface area contributed by atoms with Crippen LogP contribution in [0.15, 0.2) is 117 Å². The molecule has 0 fully saturated rings. The molecule has 48 heavy (non-hydrogen) atoms. The van der Waals surface area contributed by atoms with E-state index in [9.17, 15) is 19.7 Å². The molecule has 0 N–H and O–H groups in total. The van der Waals surface area contributed by atoms with Crippen molar-refractivity contribution in [1.82, 2.24) is 4.57 Å². The number of hydrogen-bond acceptors (Lipinski definition) is 9. The largest absolute Gasteiger partial charge is 0.493 e. The van der Waals surface area contributed by atoms with Crippen molar-refractivity contribution in [1.29, 1.82) is 0 Å². The van der Waals surface area contributed by atoms with Crippen molar-refractivity contribution in [3.05, 3.63) is 159 Å². The molecule has 0 unspecified atom stereocenters. The number of carbonyl (C=O) groups is 1. The van der Waals surface area contributed by atoms with Gasteiger partial charge in [-0.25, -0.2) is 9.79 Å². The van der Waals surface area contributed by atoms with E-state index >= 15 is 0 Å². The SMILES string of the molecule is CCOC(=O)C1=C(c2ccccc2)N=c2s/c(=C\c3cc(Br)c(OCc4ccc([N+](=O)[O-])cc4)c(OC)c3)c(=O)n2[C@@H]1c1ccccc1. The number of nitro benzene ring substituents is 1. The average Bonchev–Trinajstić information content (AvgIpc) is 3.41. The number of halogens is 1. The van der Waals surface area contributed by atoms with E-state index in [1.807, 2.05) is 60.7 Å². The van der Waals surface area contributed by atoms with Gasteiger partial charge in [0, 0.05) is 17.7 Å². The van der Waals surface area contributed by atoms with Crippen LogP contribution in [-0.2, 0) is 16.1 Å². The van der Waals surface area contributed by atoms with Gasteiger partial charge in [0.05, 0.1) is 45.0 Å². The lowest BCUT2D eigenvalue weighted by Crippen LogP contribution is -2.39. The molecule has 0 bridgehead atoms. The third-order valence-corrected chi connectivity index (χ3v) is 9.14. The van der Waals surface area contributed by atoms with Gasteiger partial charge in [0.25, 0.3) is 11.2 Å². The van der Waals surface area contributed by atoms with Crippen LogP contribution in [0.1, 0.15) is 35.2 Å². The van der Waals surface area contributed by atoms with Gasteiger partial charge in [-0.15, -0.1) is 0 Å². The highest BCUT2D eigenvalue weighted by Crippen LogP contribution is 2.38. The van der Waals surface area contributed by atoms with E-state index in [4.69, 9.17) is 19.2 Å². The summed E-state index contributed by atoms with van der Waals surface area (Å²) in [5, 5.41) is 11.0. The number of benzene rings is 4. The monoisotopic (exact) mass is 725 g/mol. The predicted octanol–water partition coefficient (Wildman–Crippen LogP) is 6.19. The maximum atomic E-state index is 14.2. The van der Waals surface area contributed by atoms with E-state index in [1.165, 1.54) is 30.6 Å². The first-order valence-corrected chi connectivity index (χ1v) is 16.5. The predicted molar refractivity (Wildman–Crippen MR) is 186 cm³/mol. The molecule has 2 heterocycles. The average molecular weight is 727 g/mol. The Morgan fingerprint density at radius 3 is 2.38 bits per heavy atom. The number of nitrogens with zero attached hydrogens (tertiary/aromatic N) is 3. The second kappa shape index (κ2) is 14.2. The first kappa shape index (κ1) is 32.6. The molecule has 0 spiro atoms. The molecular formula is C36H28BrN3O7S. The number of esters is 1. The van der Waals surface area contributed by atoms with Crippen LogP contribution in [0.4, 0.5) is 5.69 Å². The number of nitro groups is 1. The van der Waals surface area contributed by atoms with Crippen molar-refractivity contribution in [3.63, 3.8) is 0 Å². The van der Waals surface area contributed by atoms with Crippen molar-refractivity contribution in [2.75, 3.05) is 13.7 Å². The van der Waals surface area contributed by atoms with E-state index < -0.39 is 16.9 Å². The Morgan fingerprint density at radius 1 is 1.04 bits per heavy atom. The normalized spacial score (nSPS) is 14.2. The molecule has 1 aromatic heterocycles. The number of carbonyl (C=O) groups excluding carboxylic acids is 1. The molecule has 6 rings (SSSR count). The summed E-state index contributed by atoms with van der Waals surface area (Å²) in [4.78, 5) is 43.6. The zero-order valence-corrected chi connectivity index (χ0v) is 28.2. The zero-order valence-electron chi connectivity index (χ0n) is 25.8. The lowest BCUT2D eigenvalue weighted by molar-refractivity contribution is -0.384. The van der Waals surface area contributed by atoms with Gasteiger partial charge in [-0.05, 0) is 69.9 Å². The third-order valence-electron chi connectivity index (χ3n) is 7.57. The Balaban J connectivity index is 1.44. The Labute approximate surface area is 287 Å². The maximum absolute atomic E-state index is 14.2. The van der Waals surface area contributed by atoms with Crippen molar-refractivity contribution in [2.24, 2.45) is 4.99 Å². The minimum absolute atomic E-state index is 0.00404. The van der Waals surface area contributed by atoms with E-state index in [-0.39, 0.29) is 30.0 Å². The van der Waals surface area contributed by atoms with E-state index in [1.54, 1.807) is 41.8 Å². The van der Waals surface area contributed by atoms with Crippen LogP contribution in [0, 0.1) is 10.1 Å². The molecule has 0 radical (unpaired) electrons. The summed E-state index contributed by atoms with van der Waals surface area (Å²) in [5.74, 6) is 0.315. The topological polar surface area (TPSA) is 122 Å². The van der Waals surface area contributed by atoms with Gasteiger partial charge in [-0.2, -0.15) is 0 Å². The molecular weight excluding hydrogens is 698 g/mol. The number of fused-ring (bicyclic) bond motifs is 1. The van der Waals surface area contributed by atoms with Crippen molar-refractivity contribution in [3.8, 4) is 11.5 Å². The quantitative estimate of drug-likeness (QED) is 0.0956. The minimum atomic E-state index is -0.768. The summed E-state index contributed by atoms with van der Waals surface area (Å²) in [6, 6.07) is 27.7. The van der Waals surface area contributed by atoms with Crippen LogP contribution in [-0.4, -0.2) is 29.2 Å². The molecule has 1 aliphatic heterocycles. The van der Waals surface area contributed by atoms with E-state index in [0.717, 1.165) is 16.7 Å². The maximum Gasteiger partial charge on any atom is 0.338 e. The molecule has 0 amide bonds. The second-order valence-electron chi connectivity index (χ2n) is 10.6. The smallest absolute Gasteiger partial charge is 0.338 e. The summed E-state index contributed by atoms with van der Waals surface area (Å²) in [7, 11) is 1.51. The molecule has 1 aliphatic rings. The third kappa shape index (κ3) is 6.57.